The van der Waals surface area contributed by atoms with Crippen LogP contribution in [0.2, 0.25) is 5.02 Å². The molecule has 0 unspecified atom stereocenters. The van der Waals surface area contributed by atoms with Crippen LogP contribution in [-0.4, -0.2) is 13.2 Å². The smallest absolute Gasteiger partial charge is 0.122 e. The Morgan fingerprint density at radius 1 is 1.38 bits per heavy atom. The minimum absolute atomic E-state index is 0.515. The topological polar surface area (TPSA) is 35.2 Å². The van der Waals surface area contributed by atoms with Crippen molar-refractivity contribution in [3.8, 4) is 5.75 Å². The normalized spacial score (nSPS) is 10.9. The van der Waals surface area contributed by atoms with Crippen LogP contribution in [0.5, 0.6) is 5.75 Å². The van der Waals surface area contributed by atoms with Gasteiger partial charge in [-0.15, -0.1) is 0 Å². The molecule has 0 heterocycles. The monoisotopic (exact) mass is 241 g/mol. The lowest BCUT2D eigenvalue weighted by molar-refractivity contribution is 0.268. The minimum Gasteiger partial charge on any atom is -0.493 e. The van der Waals surface area contributed by atoms with Gasteiger partial charge in [0.25, 0.3) is 0 Å². The van der Waals surface area contributed by atoms with Crippen molar-refractivity contribution in [2.45, 2.75) is 27.2 Å². The Bertz CT molecular complexity index is 350. The predicted octanol–water partition coefficient (Wildman–Crippen LogP) is 3.18. The molecular weight excluding hydrogens is 222 g/mol. The summed E-state index contributed by atoms with van der Waals surface area (Å²) in [5.41, 5.74) is 7.71. The van der Waals surface area contributed by atoms with Crippen molar-refractivity contribution in [3.05, 3.63) is 28.3 Å². The van der Waals surface area contributed by atoms with Crippen LogP contribution in [0.3, 0.4) is 0 Å². The summed E-state index contributed by atoms with van der Waals surface area (Å²) in [6.07, 6.45) is 0.799. The summed E-state index contributed by atoms with van der Waals surface area (Å²) in [5, 5.41) is 0.778. The Morgan fingerprint density at radius 2 is 2.06 bits per heavy atom. The molecule has 1 aromatic carbocycles. The molecule has 0 radical (unpaired) electrons. The lowest BCUT2D eigenvalue weighted by Gasteiger charge is -2.14. The summed E-state index contributed by atoms with van der Waals surface area (Å²) < 4.78 is 5.77. The van der Waals surface area contributed by atoms with Crippen LogP contribution in [0.25, 0.3) is 0 Å². The first-order valence-corrected chi connectivity index (χ1v) is 6.04. The molecule has 0 saturated carbocycles. The molecule has 3 heteroatoms. The lowest BCUT2D eigenvalue weighted by Crippen LogP contribution is -2.09. The predicted molar refractivity (Wildman–Crippen MR) is 69.3 cm³/mol. The average molecular weight is 242 g/mol. The minimum atomic E-state index is 0.515. The van der Waals surface area contributed by atoms with Gasteiger partial charge in [0.1, 0.15) is 5.75 Å². The second kappa shape index (κ2) is 6.12. The number of halogens is 1. The molecule has 0 amide bonds. The number of rotatable bonds is 5. The Kier molecular flexibility index (Phi) is 5.10. The van der Waals surface area contributed by atoms with Gasteiger partial charge in [-0.25, -0.2) is 0 Å². The van der Waals surface area contributed by atoms with E-state index in [2.05, 4.69) is 13.8 Å². The highest BCUT2D eigenvalue weighted by Crippen LogP contribution is 2.27. The summed E-state index contributed by atoms with van der Waals surface area (Å²) in [7, 11) is 0. The second-order valence-corrected chi connectivity index (χ2v) is 4.86. The molecule has 0 aromatic heterocycles. The van der Waals surface area contributed by atoms with E-state index in [9.17, 15) is 0 Å². The third-order valence-electron chi connectivity index (χ3n) is 2.33. The summed E-state index contributed by atoms with van der Waals surface area (Å²) in [6.45, 7) is 7.57. The van der Waals surface area contributed by atoms with E-state index in [4.69, 9.17) is 22.1 Å². The Morgan fingerprint density at radius 3 is 2.62 bits per heavy atom. The average Bonchev–Trinajstić information content (AvgIpc) is 2.21. The summed E-state index contributed by atoms with van der Waals surface area (Å²) in [4.78, 5) is 0. The highest BCUT2D eigenvalue weighted by atomic mass is 35.5. The molecule has 2 nitrogen and oxygen atoms in total. The fourth-order valence-corrected chi connectivity index (χ4v) is 1.62. The molecule has 0 fully saturated rings. The summed E-state index contributed by atoms with van der Waals surface area (Å²) >= 11 is 6.09. The van der Waals surface area contributed by atoms with E-state index < -0.39 is 0 Å². The van der Waals surface area contributed by atoms with Crippen LogP contribution in [0.4, 0.5) is 0 Å². The number of benzene rings is 1. The Labute approximate surface area is 103 Å². The first-order chi connectivity index (χ1) is 7.54. The van der Waals surface area contributed by atoms with Gasteiger partial charge in [0.2, 0.25) is 0 Å². The van der Waals surface area contributed by atoms with Gasteiger partial charge >= 0.3 is 0 Å². The zero-order valence-corrected chi connectivity index (χ0v) is 11.0. The van der Waals surface area contributed by atoms with Gasteiger partial charge in [0, 0.05) is 5.02 Å². The molecule has 0 spiro atoms. The molecular formula is C13H20ClNO. The molecule has 1 aromatic rings. The second-order valence-electron chi connectivity index (χ2n) is 4.45. The molecule has 16 heavy (non-hydrogen) atoms. The highest BCUT2D eigenvalue weighted by molar-refractivity contribution is 6.31. The largest absolute Gasteiger partial charge is 0.493 e. The third-order valence-corrected chi connectivity index (χ3v) is 2.73. The first kappa shape index (κ1) is 13.3. The number of hydrogen-bond donors (Lipinski definition) is 1. The zero-order valence-electron chi connectivity index (χ0n) is 10.2. The van der Waals surface area contributed by atoms with Gasteiger partial charge in [-0.05, 0) is 49.1 Å². The van der Waals surface area contributed by atoms with E-state index in [-0.39, 0.29) is 0 Å². The molecule has 2 N–H and O–H groups in total. The number of ether oxygens (including phenoxy) is 1. The number of hydrogen-bond acceptors (Lipinski definition) is 2. The molecule has 0 aliphatic heterocycles. The van der Waals surface area contributed by atoms with Crippen LogP contribution >= 0.6 is 11.6 Å². The van der Waals surface area contributed by atoms with E-state index in [0.29, 0.717) is 12.5 Å². The van der Waals surface area contributed by atoms with E-state index in [1.807, 2.05) is 19.1 Å². The molecule has 0 bridgehead atoms. The maximum absolute atomic E-state index is 6.09. The van der Waals surface area contributed by atoms with Crippen molar-refractivity contribution in [1.29, 1.82) is 0 Å². The molecule has 90 valence electrons. The van der Waals surface area contributed by atoms with Crippen LogP contribution in [0.1, 0.15) is 25.0 Å². The lowest BCUT2D eigenvalue weighted by atomic mass is 10.1. The first-order valence-electron chi connectivity index (χ1n) is 5.66. The van der Waals surface area contributed by atoms with Crippen LogP contribution < -0.4 is 10.5 Å². The van der Waals surface area contributed by atoms with Crippen molar-refractivity contribution in [3.63, 3.8) is 0 Å². The summed E-state index contributed by atoms with van der Waals surface area (Å²) in [5.74, 6) is 1.43. The van der Waals surface area contributed by atoms with Gasteiger partial charge in [0.05, 0.1) is 6.61 Å². The quantitative estimate of drug-likeness (QED) is 0.860. The van der Waals surface area contributed by atoms with Crippen molar-refractivity contribution < 1.29 is 4.74 Å². The molecule has 0 aliphatic rings. The fourth-order valence-electron chi connectivity index (χ4n) is 1.44. The van der Waals surface area contributed by atoms with Crippen molar-refractivity contribution >= 4 is 11.6 Å². The van der Waals surface area contributed by atoms with Gasteiger partial charge in [-0.3, -0.25) is 0 Å². The molecule has 0 saturated heterocycles. The highest BCUT2D eigenvalue weighted by Gasteiger charge is 2.07. The van der Waals surface area contributed by atoms with E-state index in [1.54, 1.807) is 0 Å². The Balaban J connectivity index is 2.90. The van der Waals surface area contributed by atoms with Crippen molar-refractivity contribution in [2.75, 3.05) is 13.2 Å². The van der Waals surface area contributed by atoms with E-state index in [1.165, 1.54) is 0 Å². The fraction of sp³-hybridized carbons (Fsp3) is 0.538. The Hall–Kier alpha value is -0.730. The van der Waals surface area contributed by atoms with Crippen LogP contribution in [-0.2, 0) is 6.42 Å². The van der Waals surface area contributed by atoms with Crippen LogP contribution in [0, 0.1) is 12.8 Å². The third kappa shape index (κ3) is 3.69. The maximum atomic E-state index is 6.09. The zero-order chi connectivity index (χ0) is 12.1. The van der Waals surface area contributed by atoms with Gasteiger partial charge in [-0.2, -0.15) is 0 Å². The van der Waals surface area contributed by atoms with Crippen LogP contribution in [0.15, 0.2) is 12.1 Å². The van der Waals surface area contributed by atoms with Gasteiger partial charge in [-0.1, -0.05) is 25.4 Å². The van der Waals surface area contributed by atoms with Crippen molar-refractivity contribution in [1.82, 2.24) is 0 Å². The van der Waals surface area contributed by atoms with Gasteiger partial charge in [0.15, 0.2) is 0 Å². The maximum Gasteiger partial charge on any atom is 0.122 e. The van der Waals surface area contributed by atoms with Crippen molar-refractivity contribution in [2.24, 2.45) is 11.7 Å². The van der Waals surface area contributed by atoms with Gasteiger partial charge < -0.3 is 10.5 Å². The number of aryl methyl sites for hydroxylation is 1. The molecule has 1 rings (SSSR count). The number of nitrogens with two attached hydrogens (primary N) is 1. The summed E-state index contributed by atoms with van der Waals surface area (Å²) in [6, 6.07) is 3.95. The molecule has 0 aliphatic carbocycles. The molecule has 0 atom stereocenters. The van der Waals surface area contributed by atoms with E-state index in [0.717, 1.165) is 34.9 Å². The SMILES string of the molecule is Cc1cc(OCC(C)C)c(CCN)cc1Cl. The van der Waals surface area contributed by atoms with E-state index >= 15 is 0 Å². The standard InChI is InChI=1S/C13H20ClNO/c1-9(2)8-16-13-6-10(3)12(14)7-11(13)4-5-15/h6-7,9H,4-5,8,15H2,1-3H3.